The average Bonchev–Trinajstić information content (AvgIpc) is 2.63. The standard InChI is InChI=1S/C14H27NO11/c1-23-14-11(22)9(20)10(21)12(26-14)4(17)3-24-13-6(15)8(19)7(18)5(2-16)25-13/h4-14,16-22H,2-3,15H2,1H3/t4-,5+,6+,7+,8+,9-,10-,11-,12+,13-,14-/m0/s1. The topological polar surface area (TPSA) is 205 Å². The second kappa shape index (κ2) is 9.14. The number of rotatable bonds is 6. The lowest BCUT2D eigenvalue weighted by molar-refractivity contribution is -0.314. The number of aliphatic hydroxyl groups is 7. The third kappa shape index (κ3) is 4.32. The van der Waals surface area contributed by atoms with Crippen LogP contribution in [-0.4, -0.2) is 124 Å². The molecule has 0 unspecified atom stereocenters. The first kappa shape index (κ1) is 21.8. The third-order valence-electron chi connectivity index (χ3n) is 4.58. The Labute approximate surface area is 149 Å². The van der Waals surface area contributed by atoms with Gasteiger partial charge < -0.3 is 60.4 Å². The van der Waals surface area contributed by atoms with Crippen molar-refractivity contribution < 1.29 is 54.7 Å². The van der Waals surface area contributed by atoms with E-state index >= 15 is 0 Å². The van der Waals surface area contributed by atoms with Gasteiger partial charge in [0.05, 0.1) is 19.3 Å². The van der Waals surface area contributed by atoms with Crippen LogP contribution < -0.4 is 5.73 Å². The van der Waals surface area contributed by atoms with E-state index in [1.807, 2.05) is 0 Å². The predicted molar refractivity (Wildman–Crippen MR) is 81.4 cm³/mol. The Bertz CT molecular complexity index is 439. The van der Waals surface area contributed by atoms with Gasteiger partial charge in [0, 0.05) is 7.11 Å². The molecule has 0 aromatic rings. The first-order valence-corrected chi connectivity index (χ1v) is 8.13. The zero-order chi connectivity index (χ0) is 19.6. The van der Waals surface area contributed by atoms with E-state index in [2.05, 4.69) is 0 Å². The maximum absolute atomic E-state index is 10.2. The number of hydrogen-bond acceptors (Lipinski definition) is 12. The first-order valence-electron chi connectivity index (χ1n) is 8.13. The van der Waals surface area contributed by atoms with Crippen LogP contribution in [0.5, 0.6) is 0 Å². The van der Waals surface area contributed by atoms with Crippen LogP contribution in [0.25, 0.3) is 0 Å². The van der Waals surface area contributed by atoms with Gasteiger partial charge in [-0.3, -0.25) is 0 Å². The van der Waals surface area contributed by atoms with E-state index in [4.69, 9.17) is 29.8 Å². The Hall–Kier alpha value is -0.480. The van der Waals surface area contributed by atoms with Crippen LogP contribution in [0.2, 0.25) is 0 Å². The second-order valence-electron chi connectivity index (χ2n) is 6.36. The lowest BCUT2D eigenvalue weighted by Gasteiger charge is -2.43. The van der Waals surface area contributed by atoms with Crippen molar-refractivity contribution in [2.24, 2.45) is 5.73 Å². The largest absolute Gasteiger partial charge is 0.394 e. The lowest BCUT2D eigenvalue weighted by Crippen LogP contribution is -2.64. The Morgan fingerprint density at radius 2 is 1.58 bits per heavy atom. The van der Waals surface area contributed by atoms with Gasteiger partial charge in [-0.25, -0.2) is 0 Å². The van der Waals surface area contributed by atoms with E-state index < -0.39 is 80.7 Å². The summed E-state index contributed by atoms with van der Waals surface area (Å²) in [6, 6.07) is -1.16. The Morgan fingerprint density at radius 3 is 2.15 bits per heavy atom. The summed E-state index contributed by atoms with van der Waals surface area (Å²) in [6.45, 7) is -1.07. The summed E-state index contributed by atoms with van der Waals surface area (Å²) in [5.41, 5.74) is 5.71. The number of hydrogen-bond donors (Lipinski definition) is 8. The molecule has 0 amide bonds. The first-order chi connectivity index (χ1) is 12.2. The number of aliphatic hydroxyl groups excluding tert-OH is 7. The highest BCUT2D eigenvalue weighted by molar-refractivity contribution is 4.94. The molecular weight excluding hydrogens is 358 g/mol. The molecule has 2 aliphatic rings. The fraction of sp³-hybridized carbons (Fsp3) is 1.00. The molecule has 0 radical (unpaired) electrons. The zero-order valence-electron chi connectivity index (χ0n) is 14.1. The molecule has 26 heavy (non-hydrogen) atoms. The molecule has 2 rings (SSSR count). The summed E-state index contributed by atoms with van der Waals surface area (Å²) >= 11 is 0. The minimum absolute atomic E-state index is 0.486. The molecule has 0 bridgehead atoms. The van der Waals surface area contributed by atoms with E-state index in [0.29, 0.717) is 0 Å². The quantitative estimate of drug-likeness (QED) is 0.216. The summed E-state index contributed by atoms with van der Waals surface area (Å²) in [5, 5.41) is 68.4. The molecule has 9 N–H and O–H groups in total. The minimum Gasteiger partial charge on any atom is -0.394 e. The van der Waals surface area contributed by atoms with Crippen LogP contribution in [-0.2, 0) is 18.9 Å². The van der Waals surface area contributed by atoms with Gasteiger partial charge in [0.25, 0.3) is 0 Å². The summed E-state index contributed by atoms with van der Waals surface area (Å²) in [5.74, 6) is 0. The van der Waals surface area contributed by atoms with Crippen molar-refractivity contribution in [1.29, 1.82) is 0 Å². The van der Waals surface area contributed by atoms with E-state index in [1.165, 1.54) is 7.11 Å². The fourth-order valence-electron chi connectivity index (χ4n) is 2.93. The van der Waals surface area contributed by atoms with Crippen molar-refractivity contribution in [2.75, 3.05) is 20.3 Å². The van der Waals surface area contributed by atoms with Gasteiger partial charge in [0.1, 0.15) is 48.8 Å². The molecule has 2 heterocycles. The Kier molecular flexibility index (Phi) is 7.67. The van der Waals surface area contributed by atoms with Crippen LogP contribution in [0.3, 0.4) is 0 Å². The van der Waals surface area contributed by atoms with Crippen molar-refractivity contribution in [3.05, 3.63) is 0 Å². The van der Waals surface area contributed by atoms with Crippen LogP contribution >= 0.6 is 0 Å². The molecule has 2 saturated heterocycles. The second-order valence-corrected chi connectivity index (χ2v) is 6.36. The van der Waals surface area contributed by atoms with Crippen LogP contribution in [0.15, 0.2) is 0 Å². The molecule has 0 saturated carbocycles. The summed E-state index contributed by atoms with van der Waals surface area (Å²) < 4.78 is 20.6. The molecule has 12 heteroatoms. The summed E-state index contributed by atoms with van der Waals surface area (Å²) in [7, 11) is 1.22. The fourth-order valence-corrected chi connectivity index (χ4v) is 2.93. The molecule has 12 nitrogen and oxygen atoms in total. The molecule has 0 aromatic heterocycles. The number of nitrogens with two attached hydrogens (primary N) is 1. The highest BCUT2D eigenvalue weighted by atomic mass is 16.7. The highest BCUT2D eigenvalue weighted by Crippen LogP contribution is 2.25. The Balaban J connectivity index is 1.95. The van der Waals surface area contributed by atoms with Gasteiger partial charge in [0.2, 0.25) is 0 Å². The minimum atomic E-state index is -1.62. The van der Waals surface area contributed by atoms with Gasteiger partial charge in [-0.2, -0.15) is 0 Å². The van der Waals surface area contributed by atoms with E-state index in [1.54, 1.807) is 0 Å². The molecule has 2 aliphatic heterocycles. The molecule has 2 fully saturated rings. The summed E-state index contributed by atoms with van der Waals surface area (Å²) in [6.07, 6.45) is -14.0. The van der Waals surface area contributed by atoms with Crippen LogP contribution in [0, 0.1) is 0 Å². The SMILES string of the molecule is CO[C@H]1O[C@H]([C@@H](O)CO[C@H]2O[C@H](CO)[C@@H](O)[C@H](O)[C@H]2N)[C@@H](O)[C@H](O)[C@@H]1O. The molecular formula is C14H27NO11. The molecule has 0 aromatic carbocycles. The van der Waals surface area contributed by atoms with Gasteiger partial charge >= 0.3 is 0 Å². The summed E-state index contributed by atoms with van der Waals surface area (Å²) in [4.78, 5) is 0. The van der Waals surface area contributed by atoms with E-state index in [9.17, 15) is 30.6 Å². The van der Waals surface area contributed by atoms with Crippen molar-refractivity contribution in [1.82, 2.24) is 0 Å². The zero-order valence-corrected chi connectivity index (χ0v) is 14.1. The smallest absolute Gasteiger partial charge is 0.186 e. The maximum Gasteiger partial charge on any atom is 0.186 e. The van der Waals surface area contributed by atoms with Crippen molar-refractivity contribution in [3.63, 3.8) is 0 Å². The normalized spacial score (nSPS) is 48.3. The number of methoxy groups -OCH3 is 1. The van der Waals surface area contributed by atoms with Crippen molar-refractivity contribution >= 4 is 0 Å². The highest BCUT2D eigenvalue weighted by Gasteiger charge is 2.48. The average molecular weight is 385 g/mol. The predicted octanol–water partition coefficient (Wildman–Crippen LogP) is -5.42. The third-order valence-corrected chi connectivity index (χ3v) is 4.58. The van der Waals surface area contributed by atoms with E-state index in [0.717, 1.165) is 0 Å². The monoisotopic (exact) mass is 385 g/mol. The van der Waals surface area contributed by atoms with Gasteiger partial charge in [-0.15, -0.1) is 0 Å². The van der Waals surface area contributed by atoms with Crippen molar-refractivity contribution in [2.45, 2.75) is 67.5 Å². The van der Waals surface area contributed by atoms with Crippen LogP contribution in [0.4, 0.5) is 0 Å². The molecule has 0 aliphatic carbocycles. The van der Waals surface area contributed by atoms with E-state index in [-0.39, 0.29) is 0 Å². The lowest BCUT2D eigenvalue weighted by atomic mass is 9.95. The van der Waals surface area contributed by atoms with Gasteiger partial charge in [-0.05, 0) is 0 Å². The molecule has 154 valence electrons. The maximum atomic E-state index is 10.2. The van der Waals surface area contributed by atoms with Gasteiger partial charge in [-0.1, -0.05) is 0 Å². The van der Waals surface area contributed by atoms with Gasteiger partial charge in [0.15, 0.2) is 12.6 Å². The van der Waals surface area contributed by atoms with Crippen molar-refractivity contribution in [3.8, 4) is 0 Å². The molecule has 0 spiro atoms. The number of ether oxygens (including phenoxy) is 4. The van der Waals surface area contributed by atoms with Crippen LogP contribution in [0.1, 0.15) is 0 Å². The molecule has 11 atom stereocenters. The Morgan fingerprint density at radius 1 is 0.923 bits per heavy atom.